The number of carbonyl (C=O) groups is 1. The Hall–Kier alpha value is -2.68. The maximum absolute atomic E-state index is 12.7. The standard InChI is InChI=1S/C22H31N7O2/c1-28(2)21(31)18-10-14(30)12-29(18)22-23-16-9-5-8-15(16)20(25-22)24-19-11-17(26-27-19)13-6-3-4-7-13/h11,13-14,18,30H,3-10,12H2,1-2H3,(H2,23,24,25,26,27)/t14?,18-/m1/s1. The SMILES string of the molecule is CN(C)C(=O)[C@H]1CC(O)CN1c1nc2c(c(Nc3cc(C4CCCC4)[nH]n3)n1)CCC2. The fraction of sp³-hybridized carbons (Fsp3) is 0.636. The van der Waals surface area contributed by atoms with Crippen molar-refractivity contribution in [3.05, 3.63) is 23.0 Å². The van der Waals surface area contributed by atoms with Crippen molar-refractivity contribution < 1.29 is 9.90 Å². The number of fused-ring (bicyclic) bond motifs is 1. The molecule has 1 saturated heterocycles. The average Bonchev–Trinajstić information content (AvgIpc) is 3.52. The molecule has 31 heavy (non-hydrogen) atoms. The molecule has 5 rings (SSSR count). The molecule has 2 aliphatic carbocycles. The molecule has 2 fully saturated rings. The van der Waals surface area contributed by atoms with Gasteiger partial charge in [0.25, 0.3) is 0 Å². The van der Waals surface area contributed by atoms with E-state index in [2.05, 4.69) is 21.6 Å². The van der Waals surface area contributed by atoms with Gasteiger partial charge in [-0.3, -0.25) is 9.89 Å². The lowest BCUT2D eigenvalue weighted by atomic mass is 10.0. The highest BCUT2D eigenvalue weighted by molar-refractivity contribution is 5.85. The number of aryl methyl sites for hydroxylation is 1. The monoisotopic (exact) mass is 425 g/mol. The second-order valence-electron chi connectivity index (χ2n) is 9.26. The van der Waals surface area contributed by atoms with Gasteiger partial charge in [0.05, 0.1) is 11.8 Å². The molecule has 1 amide bonds. The maximum atomic E-state index is 12.7. The number of aromatic nitrogens is 4. The number of aliphatic hydroxyl groups is 1. The van der Waals surface area contributed by atoms with Gasteiger partial charge in [-0.15, -0.1) is 0 Å². The van der Waals surface area contributed by atoms with E-state index in [9.17, 15) is 9.90 Å². The second-order valence-corrected chi connectivity index (χ2v) is 9.26. The van der Waals surface area contributed by atoms with Crippen molar-refractivity contribution >= 4 is 23.5 Å². The summed E-state index contributed by atoms with van der Waals surface area (Å²) in [6.07, 6.45) is 7.69. The summed E-state index contributed by atoms with van der Waals surface area (Å²) in [4.78, 5) is 25.7. The Morgan fingerprint density at radius 1 is 1.23 bits per heavy atom. The summed E-state index contributed by atoms with van der Waals surface area (Å²) in [5, 5.41) is 21.4. The minimum Gasteiger partial charge on any atom is -0.391 e. The Bertz CT molecular complexity index is 967. The van der Waals surface area contributed by atoms with Gasteiger partial charge < -0.3 is 20.2 Å². The molecule has 1 aliphatic heterocycles. The Labute approximate surface area is 182 Å². The van der Waals surface area contributed by atoms with Crippen LogP contribution in [0.2, 0.25) is 0 Å². The Morgan fingerprint density at radius 3 is 2.81 bits per heavy atom. The van der Waals surface area contributed by atoms with Crippen molar-refractivity contribution in [1.82, 2.24) is 25.1 Å². The first kappa shape index (κ1) is 20.2. The van der Waals surface area contributed by atoms with E-state index in [-0.39, 0.29) is 5.91 Å². The first-order valence-corrected chi connectivity index (χ1v) is 11.4. The van der Waals surface area contributed by atoms with E-state index >= 15 is 0 Å². The molecule has 3 N–H and O–H groups in total. The quantitative estimate of drug-likeness (QED) is 0.673. The summed E-state index contributed by atoms with van der Waals surface area (Å²) in [6, 6.07) is 1.65. The van der Waals surface area contributed by atoms with E-state index in [0.717, 1.165) is 42.2 Å². The molecule has 0 aromatic carbocycles. The molecule has 3 heterocycles. The lowest BCUT2D eigenvalue weighted by molar-refractivity contribution is -0.130. The third-order valence-electron chi connectivity index (χ3n) is 6.82. The van der Waals surface area contributed by atoms with E-state index in [1.807, 2.05) is 4.90 Å². The van der Waals surface area contributed by atoms with Crippen LogP contribution in [0.15, 0.2) is 6.07 Å². The molecule has 3 aliphatic rings. The number of anilines is 3. The van der Waals surface area contributed by atoms with E-state index in [1.165, 1.54) is 31.4 Å². The predicted octanol–water partition coefficient (Wildman–Crippen LogP) is 2.12. The zero-order valence-corrected chi connectivity index (χ0v) is 18.3. The number of aliphatic hydroxyl groups excluding tert-OH is 1. The fourth-order valence-electron chi connectivity index (χ4n) is 5.19. The third-order valence-corrected chi connectivity index (χ3v) is 6.82. The number of hydrogen-bond acceptors (Lipinski definition) is 7. The van der Waals surface area contributed by atoms with Gasteiger partial charge in [-0.1, -0.05) is 12.8 Å². The van der Waals surface area contributed by atoms with E-state index in [4.69, 9.17) is 9.97 Å². The normalized spacial score (nSPS) is 23.4. The highest BCUT2D eigenvalue weighted by Crippen LogP contribution is 2.35. The number of carbonyl (C=O) groups excluding carboxylic acids is 1. The number of amides is 1. The van der Waals surface area contributed by atoms with Crippen molar-refractivity contribution in [2.75, 3.05) is 30.9 Å². The lowest BCUT2D eigenvalue weighted by Crippen LogP contribution is -2.43. The van der Waals surface area contributed by atoms with Gasteiger partial charge in [0.1, 0.15) is 11.9 Å². The maximum Gasteiger partial charge on any atom is 0.244 e. The molecule has 1 saturated carbocycles. The molecule has 9 nitrogen and oxygen atoms in total. The van der Waals surface area contributed by atoms with Crippen LogP contribution in [0, 0.1) is 0 Å². The van der Waals surface area contributed by atoms with Gasteiger partial charge in [0.15, 0.2) is 5.82 Å². The number of aromatic amines is 1. The molecular weight excluding hydrogens is 394 g/mol. The summed E-state index contributed by atoms with van der Waals surface area (Å²) >= 11 is 0. The summed E-state index contributed by atoms with van der Waals surface area (Å²) < 4.78 is 0. The number of nitrogens with one attached hydrogen (secondary N) is 2. The predicted molar refractivity (Wildman–Crippen MR) is 118 cm³/mol. The summed E-state index contributed by atoms with van der Waals surface area (Å²) in [6.45, 7) is 0.358. The molecule has 2 aromatic rings. The Kier molecular flexibility index (Phi) is 5.29. The third kappa shape index (κ3) is 3.86. The van der Waals surface area contributed by atoms with E-state index in [1.54, 1.807) is 19.0 Å². The largest absolute Gasteiger partial charge is 0.391 e. The smallest absolute Gasteiger partial charge is 0.244 e. The number of likely N-dealkylation sites (N-methyl/N-ethyl adjacent to an activating group) is 1. The van der Waals surface area contributed by atoms with Gasteiger partial charge in [-0.2, -0.15) is 10.1 Å². The molecular formula is C22H31N7O2. The molecule has 0 spiro atoms. The molecule has 2 atom stereocenters. The van der Waals surface area contributed by atoms with Gasteiger partial charge in [-0.05, 0) is 32.1 Å². The van der Waals surface area contributed by atoms with Crippen LogP contribution in [0.3, 0.4) is 0 Å². The zero-order valence-electron chi connectivity index (χ0n) is 18.3. The Balaban J connectivity index is 1.44. The molecule has 166 valence electrons. The average molecular weight is 426 g/mol. The topological polar surface area (TPSA) is 110 Å². The van der Waals surface area contributed by atoms with Crippen molar-refractivity contribution in [3.63, 3.8) is 0 Å². The summed E-state index contributed by atoms with van der Waals surface area (Å²) in [5.74, 6) is 2.57. The van der Waals surface area contributed by atoms with Crippen LogP contribution in [0.4, 0.5) is 17.6 Å². The van der Waals surface area contributed by atoms with Gasteiger partial charge in [0.2, 0.25) is 11.9 Å². The zero-order chi connectivity index (χ0) is 21.5. The Morgan fingerprint density at radius 2 is 2.03 bits per heavy atom. The lowest BCUT2D eigenvalue weighted by Gasteiger charge is -2.26. The second kappa shape index (κ2) is 8.11. The first-order valence-electron chi connectivity index (χ1n) is 11.4. The van der Waals surface area contributed by atoms with Gasteiger partial charge in [-0.25, -0.2) is 4.98 Å². The number of β-amino-alcohol motifs (C(OH)–C–C–N with tert-alkyl or cyclic N) is 1. The number of H-pyrrole nitrogens is 1. The molecule has 1 unspecified atom stereocenters. The van der Waals surface area contributed by atoms with Crippen LogP contribution in [-0.4, -0.2) is 68.9 Å². The van der Waals surface area contributed by atoms with Crippen molar-refractivity contribution in [3.8, 4) is 0 Å². The fourth-order valence-corrected chi connectivity index (χ4v) is 5.19. The molecule has 0 radical (unpaired) electrons. The summed E-state index contributed by atoms with van der Waals surface area (Å²) in [5.41, 5.74) is 3.34. The van der Waals surface area contributed by atoms with E-state index < -0.39 is 12.1 Å². The molecule has 2 aromatic heterocycles. The van der Waals surface area contributed by atoms with Crippen molar-refractivity contribution in [2.45, 2.75) is 69.4 Å². The van der Waals surface area contributed by atoms with Crippen LogP contribution in [0.5, 0.6) is 0 Å². The van der Waals surface area contributed by atoms with Crippen LogP contribution in [0.25, 0.3) is 0 Å². The van der Waals surface area contributed by atoms with Gasteiger partial charge >= 0.3 is 0 Å². The number of rotatable bonds is 5. The number of nitrogens with zero attached hydrogens (tertiary/aromatic N) is 5. The first-order chi connectivity index (χ1) is 15.0. The van der Waals surface area contributed by atoms with Crippen molar-refractivity contribution in [2.24, 2.45) is 0 Å². The van der Waals surface area contributed by atoms with Crippen LogP contribution in [-0.2, 0) is 17.6 Å². The minimum absolute atomic E-state index is 0.0383. The van der Waals surface area contributed by atoms with Crippen LogP contribution < -0.4 is 10.2 Å². The van der Waals surface area contributed by atoms with Gasteiger partial charge in [0, 0.05) is 50.3 Å². The van der Waals surface area contributed by atoms with E-state index in [0.29, 0.717) is 24.8 Å². The molecule has 9 heteroatoms. The van der Waals surface area contributed by atoms with Crippen molar-refractivity contribution in [1.29, 1.82) is 0 Å². The summed E-state index contributed by atoms with van der Waals surface area (Å²) in [7, 11) is 3.47. The highest BCUT2D eigenvalue weighted by atomic mass is 16.3. The minimum atomic E-state index is -0.567. The highest BCUT2D eigenvalue weighted by Gasteiger charge is 2.39. The molecule has 0 bridgehead atoms. The number of hydrogen-bond donors (Lipinski definition) is 3. The van der Waals surface area contributed by atoms with Crippen LogP contribution >= 0.6 is 0 Å². The van der Waals surface area contributed by atoms with Crippen LogP contribution in [0.1, 0.15) is 61.4 Å².